The van der Waals surface area contributed by atoms with Crippen LogP contribution in [0.2, 0.25) is 0 Å². The van der Waals surface area contributed by atoms with Gasteiger partial charge in [0.05, 0.1) is 22.3 Å². The Morgan fingerprint density at radius 3 is 1.29 bits per heavy atom. The predicted octanol–water partition coefficient (Wildman–Crippen LogP) is 4.70. The molecule has 0 aliphatic heterocycles. The fourth-order valence-electron chi connectivity index (χ4n) is 3.85. The van der Waals surface area contributed by atoms with Crippen LogP contribution < -0.4 is 10.6 Å². The van der Waals surface area contributed by atoms with Gasteiger partial charge in [0.2, 0.25) is 0 Å². The van der Waals surface area contributed by atoms with Crippen LogP contribution in [-0.4, -0.2) is 34.0 Å². The fraction of sp³-hybridized carbons (Fsp3) is 0. The number of carboxylic acid groups (broad SMARTS) is 2. The number of carbonyl (C=O) groups is 4. The molecule has 0 aliphatic rings. The molecule has 0 heterocycles. The number of carbonyl (C=O) groups excluding carboxylic acids is 2. The third-order valence-corrected chi connectivity index (χ3v) is 5.64. The second kappa shape index (κ2) is 10.4. The largest absolute Gasteiger partial charge is 0.478 e. The van der Waals surface area contributed by atoms with Gasteiger partial charge in [0.1, 0.15) is 0 Å². The Kier molecular flexibility index (Phi) is 6.91. The number of rotatable bonds is 6. The summed E-state index contributed by atoms with van der Waals surface area (Å²) in [5.41, 5.74) is 0.689. The number of nitrogens with one attached hydrogen (secondary N) is 2. The molecule has 2 amide bonds. The predicted molar refractivity (Wildman–Crippen MR) is 143 cm³/mol. The Morgan fingerprint density at radius 2 is 0.947 bits per heavy atom. The van der Waals surface area contributed by atoms with Gasteiger partial charge in [-0.3, -0.25) is 9.59 Å². The lowest BCUT2D eigenvalue weighted by atomic mass is 9.95. The van der Waals surface area contributed by atoms with Crippen molar-refractivity contribution in [3.05, 3.63) is 106 Å². The normalized spacial score (nSPS) is 10.2. The zero-order valence-corrected chi connectivity index (χ0v) is 19.6. The standard InChI is InChI=1S/C30H18N2O6/c1-3-17-7-5-9-21(11-17)31-27(33)23-13-19-14-24(28(34)32-22-10-6-8-18(4-2)12-22)26(30(37)38)16-20(19)15-25(23)29(35)36/h1-2,5-16H,(H,31,33)(H,32,34)(H,35,36)(H,37,38). The van der Waals surface area contributed by atoms with E-state index in [0.29, 0.717) is 22.5 Å². The van der Waals surface area contributed by atoms with E-state index in [1.807, 2.05) is 0 Å². The van der Waals surface area contributed by atoms with E-state index in [0.717, 1.165) is 0 Å². The van der Waals surface area contributed by atoms with E-state index in [9.17, 15) is 29.4 Å². The number of benzene rings is 4. The van der Waals surface area contributed by atoms with E-state index in [1.165, 1.54) is 24.3 Å². The SMILES string of the molecule is C#Cc1cccc(NC(=O)c2cc3cc(C(=O)Nc4cccc(C#C)c4)c(C(=O)O)cc3cc2C(=O)O)c1. The molecule has 0 radical (unpaired) electrons. The molecule has 0 saturated carbocycles. The Labute approximate surface area is 216 Å². The molecule has 4 rings (SSSR count). The summed E-state index contributed by atoms with van der Waals surface area (Å²) in [5, 5.41) is 25.2. The Bertz CT molecular complexity index is 1620. The van der Waals surface area contributed by atoms with Crippen molar-refractivity contribution < 1.29 is 29.4 Å². The van der Waals surface area contributed by atoms with E-state index in [1.54, 1.807) is 48.5 Å². The highest BCUT2D eigenvalue weighted by molar-refractivity contribution is 6.16. The van der Waals surface area contributed by atoms with Gasteiger partial charge in [-0.25, -0.2) is 9.59 Å². The summed E-state index contributed by atoms with van der Waals surface area (Å²) < 4.78 is 0. The number of hydrogen-bond acceptors (Lipinski definition) is 4. The molecule has 0 saturated heterocycles. The van der Waals surface area contributed by atoms with Crippen LogP contribution in [0.1, 0.15) is 52.6 Å². The van der Waals surface area contributed by atoms with Crippen LogP contribution in [0.3, 0.4) is 0 Å². The van der Waals surface area contributed by atoms with E-state index < -0.39 is 23.8 Å². The molecule has 0 unspecified atom stereocenters. The van der Waals surface area contributed by atoms with Gasteiger partial charge in [0, 0.05) is 22.5 Å². The van der Waals surface area contributed by atoms with E-state index in [4.69, 9.17) is 12.8 Å². The molecule has 0 spiro atoms. The Morgan fingerprint density at radius 1 is 0.579 bits per heavy atom. The maximum atomic E-state index is 13.1. The van der Waals surface area contributed by atoms with E-state index in [-0.39, 0.29) is 33.0 Å². The lowest BCUT2D eigenvalue weighted by Gasteiger charge is -2.13. The van der Waals surface area contributed by atoms with E-state index in [2.05, 4.69) is 22.5 Å². The first-order chi connectivity index (χ1) is 18.2. The molecule has 8 heteroatoms. The van der Waals surface area contributed by atoms with Crippen LogP contribution in [0.25, 0.3) is 10.8 Å². The molecule has 0 aromatic heterocycles. The minimum Gasteiger partial charge on any atom is -0.478 e. The molecule has 184 valence electrons. The smallest absolute Gasteiger partial charge is 0.336 e. The molecule has 4 N–H and O–H groups in total. The maximum Gasteiger partial charge on any atom is 0.336 e. The second-order valence-electron chi connectivity index (χ2n) is 8.11. The first-order valence-corrected chi connectivity index (χ1v) is 11.0. The number of terminal acetylenes is 2. The number of carboxylic acids is 2. The average molecular weight is 502 g/mol. The average Bonchev–Trinajstić information content (AvgIpc) is 2.91. The van der Waals surface area contributed by atoms with E-state index >= 15 is 0 Å². The summed E-state index contributed by atoms with van der Waals surface area (Å²) in [6.45, 7) is 0. The summed E-state index contributed by atoms with van der Waals surface area (Å²) >= 11 is 0. The van der Waals surface area contributed by atoms with Gasteiger partial charge in [0.25, 0.3) is 11.8 Å². The summed E-state index contributed by atoms with van der Waals surface area (Å²) in [4.78, 5) is 50.1. The van der Waals surface area contributed by atoms with Crippen molar-refractivity contribution in [2.45, 2.75) is 0 Å². The second-order valence-corrected chi connectivity index (χ2v) is 8.11. The van der Waals surface area contributed by atoms with Gasteiger partial charge in [-0.1, -0.05) is 24.0 Å². The zero-order valence-electron chi connectivity index (χ0n) is 19.6. The van der Waals surface area contributed by atoms with Crippen molar-refractivity contribution in [1.82, 2.24) is 0 Å². The van der Waals surface area contributed by atoms with Crippen LogP contribution in [-0.2, 0) is 0 Å². The summed E-state index contributed by atoms with van der Waals surface area (Å²) in [7, 11) is 0. The van der Waals surface area contributed by atoms with Crippen LogP contribution in [0.15, 0.2) is 72.8 Å². The molecule has 8 nitrogen and oxygen atoms in total. The number of anilines is 2. The van der Waals surface area contributed by atoms with Crippen molar-refractivity contribution in [1.29, 1.82) is 0 Å². The summed E-state index contributed by atoms with van der Waals surface area (Å²) in [5.74, 6) is 0.673. The third kappa shape index (κ3) is 5.20. The molecular formula is C30H18N2O6. The first-order valence-electron chi connectivity index (χ1n) is 11.0. The van der Waals surface area contributed by atoms with Crippen LogP contribution in [0, 0.1) is 24.7 Å². The lowest BCUT2D eigenvalue weighted by molar-refractivity contribution is 0.0684. The van der Waals surface area contributed by atoms with Crippen LogP contribution in [0.5, 0.6) is 0 Å². The highest BCUT2D eigenvalue weighted by Gasteiger charge is 2.22. The first kappa shape index (κ1) is 25.2. The Hall–Kier alpha value is -5.86. The molecule has 4 aromatic carbocycles. The topological polar surface area (TPSA) is 133 Å². The number of aromatic carboxylic acids is 2. The molecule has 0 atom stereocenters. The van der Waals surface area contributed by atoms with Crippen molar-refractivity contribution >= 4 is 45.9 Å². The minimum absolute atomic E-state index is 0.188. The number of fused-ring (bicyclic) bond motifs is 1. The molecular weight excluding hydrogens is 484 g/mol. The van der Waals surface area contributed by atoms with Crippen LogP contribution in [0.4, 0.5) is 11.4 Å². The highest BCUT2D eigenvalue weighted by atomic mass is 16.4. The van der Waals surface area contributed by atoms with Crippen molar-refractivity contribution in [2.75, 3.05) is 10.6 Å². The zero-order chi connectivity index (χ0) is 27.4. The molecule has 4 aromatic rings. The van der Waals surface area contributed by atoms with Gasteiger partial charge < -0.3 is 20.8 Å². The molecule has 0 bridgehead atoms. The lowest BCUT2D eigenvalue weighted by Crippen LogP contribution is -2.18. The summed E-state index contributed by atoms with van der Waals surface area (Å²) in [6.07, 6.45) is 10.8. The number of amides is 2. The van der Waals surface area contributed by atoms with Crippen LogP contribution >= 0.6 is 0 Å². The van der Waals surface area contributed by atoms with Gasteiger partial charge >= 0.3 is 11.9 Å². The number of hydrogen-bond donors (Lipinski definition) is 4. The van der Waals surface area contributed by atoms with Crippen molar-refractivity contribution in [3.8, 4) is 24.7 Å². The molecule has 0 fully saturated rings. The Balaban J connectivity index is 1.79. The van der Waals surface area contributed by atoms with Crippen molar-refractivity contribution in [3.63, 3.8) is 0 Å². The fourth-order valence-corrected chi connectivity index (χ4v) is 3.85. The molecule has 0 aliphatic carbocycles. The van der Waals surface area contributed by atoms with Gasteiger partial charge in [-0.2, -0.15) is 0 Å². The third-order valence-electron chi connectivity index (χ3n) is 5.64. The summed E-state index contributed by atoms with van der Waals surface area (Å²) in [6, 6.07) is 17.9. The van der Waals surface area contributed by atoms with Gasteiger partial charge in [-0.05, 0) is 71.4 Å². The minimum atomic E-state index is -1.39. The quantitative estimate of drug-likeness (QED) is 0.283. The van der Waals surface area contributed by atoms with Gasteiger partial charge in [0.15, 0.2) is 0 Å². The van der Waals surface area contributed by atoms with Gasteiger partial charge in [-0.15, -0.1) is 12.8 Å². The maximum absolute atomic E-state index is 13.1. The highest BCUT2D eigenvalue weighted by Crippen LogP contribution is 2.27. The monoisotopic (exact) mass is 502 g/mol. The van der Waals surface area contributed by atoms with Crippen molar-refractivity contribution in [2.24, 2.45) is 0 Å². The molecule has 38 heavy (non-hydrogen) atoms.